The summed E-state index contributed by atoms with van der Waals surface area (Å²) in [6, 6.07) is 9.71. The fourth-order valence-electron chi connectivity index (χ4n) is 6.51. The van der Waals surface area contributed by atoms with Crippen LogP contribution in [-0.2, 0) is 27.6 Å². The Morgan fingerprint density at radius 1 is 1.02 bits per heavy atom. The van der Waals surface area contributed by atoms with Crippen LogP contribution in [0.1, 0.15) is 69.1 Å². The minimum atomic E-state index is -4.45. The number of piperidine rings is 1. The number of halogens is 5. The van der Waals surface area contributed by atoms with Crippen molar-refractivity contribution in [2.75, 3.05) is 0 Å². The van der Waals surface area contributed by atoms with E-state index in [1.807, 2.05) is 4.90 Å². The minimum Gasteiger partial charge on any atom is -0.343 e. The van der Waals surface area contributed by atoms with E-state index in [1.165, 1.54) is 12.1 Å². The topological polar surface area (TPSA) is 61.4 Å². The van der Waals surface area contributed by atoms with Gasteiger partial charge in [0.15, 0.2) is 0 Å². The molecule has 5 rings (SSSR count). The Labute approximate surface area is 242 Å². The van der Waals surface area contributed by atoms with Crippen LogP contribution in [0.5, 0.6) is 0 Å². The quantitative estimate of drug-likeness (QED) is 0.377. The summed E-state index contributed by atoms with van der Waals surface area (Å²) in [6.45, 7) is 4.21. The van der Waals surface area contributed by atoms with Crippen molar-refractivity contribution in [2.45, 2.75) is 101 Å². The first-order valence-electron chi connectivity index (χ1n) is 13.9. The molecule has 2 unspecified atom stereocenters. The average Bonchev–Trinajstić information content (AvgIpc) is 3.63. The number of carbonyl (C=O) groups excluding carboxylic acids is 2. The van der Waals surface area contributed by atoms with Crippen molar-refractivity contribution < 1.29 is 22.8 Å². The molecule has 1 aliphatic carbocycles. The largest absolute Gasteiger partial charge is 0.416 e. The fraction of sp³-hybridized carbons (Fsp3) is 0.533. The summed E-state index contributed by atoms with van der Waals surface area (Å²) < 4.78 is 39.4. The van der Waals surface area contributed by atoms with Crippen LogP contribution in [0.3, 0.4) is 0 Å². The number of benzene rings is 2. The molecule has 40 heavy (non-hydrogen) atoms. The van der Waals surface area contributed by atoms with Crippen molar-refractivity contribution in [1.29, 1.82) is 0 Å². The van der Waals surface area contributed by atoms with E-state index in [0.29, 0.717) is 46.1 Å². The van der Waals surface area contributed by atoms with E-state index >= 15 is 0 Å². The molecule has 2 bridgehead atoms. The molecule has 5 nitrogen and oxygen atoms in total. The highest BCUT2D eigenvalue weighted by molar-refractivity contribution is 6.35. The van der Waals surface area contributed by atoms with E-state index in [4.69, 9.17) is 23.2 Å². The molecule has 0 spiro atoms. The van der Waals surface area contributed by atoms with Crippen molar-refractivity contribution in [3.63, 3.8) is 0 Å². The van der Waals surface area contributed by atoms with Crippen LogP contribution in [0.25, 0.3) is 0 Å². The second-order valence-electron chi connectivity index (χ2n) is 11.8. The first kappa shape index (κ1) is 29.2. The van der Waals surface area contributed by atoms with Crippen molar-refractivity contribution in [2.24, 2.45) is 0 Å². The van der Waals surface area contributed by atoms with Gasteiger partial charge in [0.2, 0.25) is 11.8 Å². The van der Waals surface area contributed by atoms with Gasteiger partial charge < -0.3 is 15.5 Å². The molecule has 3 fully saturated rings. The van der Waals surface area contributed by atoms with Crippen LogP contribution in [0.4, 0.5) is 13.2 Å². The van der Waals surface area contributed by atoms with Gasteiger partial charge in [0.25, 0.3) is 0 Å². The van der Waals surface area contributed by atoms with Crippen molar-refractivity contribution in [3.8, 4) is 0 Å². The van der Waals surface area contributed by atoms with E-state index < -0.39 is 23.2 Å². The Hall–Kier alpha value is -2.29. The van der Waals surface area contributed by atoms with Gasteiger partial charge in [0.05, 0.1) is 11.0 Å². The lowest BCUT2D eigenvalue weighted by Crippen LogP contribution is -2.58. The molecule has 2 amide bonds. The predicted molar refractivity (Wildman–Crippen MR) is 149 cm³/mol. The highest BCUT2D eigenvalue weighted by Gasteiger charge is 2.54. The number of fused-ring (bicyclic) bond motifs is 2. The number of rotatable bonds is 8. The Kier molecular flexibility index (Phi) is 8.16. The molecule has 2 saturated heterocycles. The molecular weight excluding hydrogens is 562 g/mol. The van der Waals surface area contributed by atoms with Gasteiger partial charge in [-0.15, -0.1) is 0 Å². The lowest BCUT2D eigenvalue weighted by Gasteiger charge is -2.41. The van der Waals surface area contributed by atoms with Gasteiger partial charge in [-0.25, -0.2) is 0 Å². The Balaban J connectivity index is 1.39. The lowest BCUT2D eigenvalue weighted by molar-refractivity contribution is -0.141. The Morgan fingerprint density at radius 3 is 2.17 bits per heavy atom. The summed E-state index contributed by atoms with van der Waals surface area (Å²) in [6.07, 6.45) is 0.285. The van der Waals surface area contributed by atoms with Crippen LogP contribution in [0, 0.1) is 0 Å². The third-order valence-corrected chi connectivity index (χ3v) is 9.06. The zero-order valence-corrected chi connectivity index (χ0v) is 24.0. The summed E-state index contributed by atoms with van der Waals surface area (Å²) in [5.41, 5.74) is -0.398. The number of hydrogen-bond donors (Lipinski definition) is 2. The van der Waals surface area contributed by atoms with Gasteiger partial charge in [0.1, 0.15) is 6.04 Å². The van der Waals surface area contributed by atoms with E-state index in [2.05, 4.69) is 24.5 Å². The SMILES string of the molecule is CC(C)NC1CC2CCC(C1)N2C(=O)[C@H](Cc1ccc(C(F)(F)F)cc1)NC(=O)C1(c2ccc(Cl)cc2Cl)CC1. The maximum Gasteiger partial charge on any atom is 0.416 e. The average molecular weight is 597 g/mol. The molecule has 2 heterocycles. The summed E-state index contributed by atoms with van der Waals surface area (Å²) in [4.78, 5) is 29.8. The zero-order valence-electron chi connectivity index (χ0n) is 22.5. The molecule has 1 saturated carbocycles. The molecule has 3 aliphatic rings. The molecular formula is C30H34Cl2F3N3O2. The molecule has 2 aromatic rings. The molecule has 0 radical (unpaired) electrons. The van der Waals surface area contributed by atoms with Gasteiger partial charge >= 0.3 is 6.18 Å². The molecule has 2 N–H and O–H groups in total. The predicted octanol–water partition coefficient (Wildman–Crippen LogP) is 6.29. The summed E-state index contributed by atoms with van der Waals surface area (Å²) in [7, 11) is 0. The van der Waals surface area contributed by atoms with Crippen molar-refractivity contribution in [3.05, 3.63) is 69.2 Å². The third kappa shape index (κ3) is 6.00. The lowest BCUT2D eigenvalue weighted by atomic mass is 9.92. The van der Waals surface area contributed by atoms with Crippen LogP contribution < -0.4 is 10.6 Å². The third-order valence-electron chi connectivity index (χ3n) is 8.51. The van der Waals surface area contributed by atoms with Crippen molar-refractivity contribution in [1.82, 2.24) is 15.5 Å². The van der Waals surface area contributed by atoms with Crippen LogP contribution in [-0.4, -0.2) is 46.9 Å². The molecule has 2 aliphatic heterocycles. The molecule has 3 atom stereocenters. The maximum atomic E-state index is 14.1. The minimum absolute atomic E-state index is 0.0649. The fourth-order valence-corrected chi connectivity index (χ4v) is 7.10. The van der Waals surface area contributed by atoms with Gasteiger partial charge in [-0.3, -0.25) is 9.59 Å². The van der Waals surface area contributed by atoms with Gasteiger partial charge in [-0.05, 0) is 73.9 Å². The zero-order chi connectivity index (χ0) is 28.8. The number of amides is 2. The van der Waals surface area contributed by atoms with Gasteiger partial charge in [0, 0.05) is 40.6 Å². The highest BCUT2D eigenvalue weighted by atomic mass is 35.5. The summed E-state index contributed by atoms with van der Waals surface area (Å²) in [5, 5.41) is 7.45. The Bertz CT molecular complexity index is 1250. The van der Waals surface area contributed by atoms with Crippen LogP contribution >= 0.6 is 23.2 Å². The Morgan fingerprint density at radius 2 is 1.65 bits per heavy atom. The normalized spacial score (nSPS) is 24.2. The van der Waals surface area contributed by atoms with Crippen LogP contribution in [0.15, 0.2) is 42.5 Å². The summed E-state index contributed by atoms with van der Waals surface area (Å²) >= 11 is 12.5. The summed E-state index contributed by atoms with van der Waals surface area (Å²) in [5.74, 6) is -0.479. The van der Waals surface area contributed by atoms with E-state index in [0.717, 1.165) is 37.8 Å². The first-order chi connectivity index (χ1) is 18.9. The van der Waals surface area contributed by atoms with Gasteiger partial charge in [-0.2, -0.15) is 13.2 Å². The van der Waals surface area contributed by atoms with Crippen molar-refractivity contribution >= 4 is 35.0 Å². The van der Waals surface area contributed by atoms with E-state index in [1.54, 1.807) is 18.2 Å². The molecule has 0 aromatic heterocycles. The number of nitrogens with one attached hydrogen (secondary N) is 2. The highest BCUT2D eigenvalue weighted by Crippen LogP contribution is 2.51. The maximum absolute atomic E-state index is 14.1. The number of carbonyl (C=O) groups is 2. The van der Waals surface area contributed by atoms with E-state index in [9.17, 15) is 22.8 Å². The molecule has 2 aromatic carbocycles. The second-order valence-corrected chi connectivity index (χ2v) is 12.6. The van der Waals surface area contributed by atoms with Crippen LogP contribution in [0.2, 0.25) is 10.0 Å². The molecule has 216 valence electrons. The second kappa shape index (κ2) is 11.2. The standard InChI is InChI=1S/C30H34Cl2F3N3O2/c1-17(2)36-21-15-22-8-9-23(16-21)38(22)27(39)26(13-18-3-5-19(6-4-18)30(33,34)35)37-28(40)29(11-12-29)24-10-7-20(31)14-25(24)32/h3-7,10,14,17,21-23,26,36H,8-9,11-13,15-16H2,1-2H3,(H,37,40)/t21?,22?,23?,26-/m0/s1. The monoisotopic (exact) mass is 595 g/mol. The number of hydrogen-bond acceptors (Lipinski definition) is 3. The molecule has 10 heteroatoms. The van der Waals surface area contributed by atoms with Gasteiger partial charge in [-0.1, -0.05) is 55.2 Å². The number of nitrogens with zero attached hydrogens (tertiary/aromatic N) is 1. The van der Waals surface area contributed by atoms with E-state index in [-0.39, 0.29) is 30.3 Å². The smallest absolute Gasteiger partial charge is 0.343 e. The first-order valence-corrected chi connectivity index (χ1v) is 14.6. The number of alkyl halides is 3.